The van der Waals surface area contributed by atoms with Crippen molar-refractivity contribution in [3.63, 3.8) is 0 Å². The summed E-state index contributed by atoms with van der Waals surface area (Å²) in [5.74, 6) is 0.595. The predicted octanol–water partition coefficient (Wildman–Crippen LogP) is 4.02. The van der Waals surface area contributed by atoms with Crippen molar-refractivity contribution in [2.45, 2.75) is 57.0 Å². The Labute approximate surface area is 132 Å². The summed E-state index contributed by atoms with van der Waals surface area (Å²) >= 11 is 0. The lowest BCUT2D eigenvalue weighted by Crippen LogP contribution is -2.59. The van der Waals surface area contributed by atoms with Crippen LogP contribution in [0.25, 0.3) is 0 Å². The van der Waals surface area contributed by atoms with E-state index in [9.17, 15) is 9.18 Å². The smallest absolute Gasteiger partial charge is 0.367 e. The molecule has 0 atom stereocenters. The highest BCUT2D eigenvalue weighted by Gasteiger charge is 2.59. The maximum absolute atomic E-state index is 13.2. The molecule has 0 saturated heterocycles. The third kappa shape index (κ3) is 2.82. The van der Waals surface area contributed by atoms with Crippen LogP contribution in [0.3, 0.4) is 0 Å². The van der Waals surface area contributed by atoms with Gasteiger partial charge in [-0.15, -0.1) is 0 Å². The third-order valence-electron chi connectivity index (χ3n) is 6.19. The highest BCUT2D eigenvalue weighted by molar-refractivity contribution is 5.85. The second-order valence-corrected chi connectivity index (χ2v) is 7.50. The van der Waals surface area contributed by atoms with Gasteiger partial charge in [-0.2, -0.15) is 4.39 Å². The lowest BCUT2D eigenvalue weighted by molar-refractivity contribution is -0.210. The van der Waals surface area contributed by atoms with Crippen LogP contribution >= 0.6 is 0 Å². The normalized spacial score (nSPS) is 39.0. The molecule has 22 heavy (non-hydrogen) atoms. The first-order valence-electron chi connectivity index (χ1n) is 8.62. The molecule has 0 aromatic rings. The number of hydrogen-bond acceptors (Lipinski definition) is 3. The van der Waals surface area contributed by atoms with Crippen LogP contribution in [0.1, 0.15) is 51.4 Å². The largest absolute Gasteiger partial charge is 0.453 e. The van der Waals surface area contributed by atoms with Crippen molar-refractivity contribution in [3.05, 3.63) is 12.4 Å². The summed E-state index contributed by atoms with van der Waals surface area (Å²) in [4.78, 5) is 11.9. The van der Waals surface area contributed by atoms with Gasteiger partial charge in [0.1, 0.15) is 5.60 Å². The minimum atomic E-state index is -0.968. The molecule has 0 aromatic heterocycles. The highest BCUT2D eigenvalue weighted by Crippen LogP contribution is 2.61. The van der Waals surface area contributed by atoms with Gasteiger partial charge in [0, 0.05) is 13.7 Å². The standard InChI is InChI=1S/C18H27FO3/c1-12(19)17(20)22-18(5-3-4-6-21-2)15-8-13-7-14(10-15)11-16(18)9-13/h13-16H,1,3-11H2,2H3. The average molecular weight is 310 g/mol. The third-order valence-corrected chi connectivity index (χ3v) is 6.19. The summed E-state index contributed by atoms with van der Waals surface area (Å²) in [6.45, 7) is 3.84. The summed E-state index contributed by atoms with van der Waals surface area (Å²) < 4.78 is 24.2. The molecule has 4 bridgehead atoms. The zero-order valence-corrected chi connectivity index (χ0v) is 13.5. The molecule has 0 aromatic carbocycles. The van der Waals surface area contributed by atoms with E-state index in [1.165, 1.54) is 6.42 Å². The van der Waals surface area contributed by atoms with Crippen LogP contribution in [0.5, 0.6) is 0 Å². The van der Waals surface area contributed by atoms with Crippen molar-refractivity contribution in [1.29, 1.82) is 0 Å². The fraction of sp³-hybridized carbons (Fsp3) is 0.833. The number of unbranched alkanes of at least 4 members (excludes halogenated alkanes) is 1. The van der Waals surface area contributed by atoms with E-state index >= 15 is 0 Å². The van der Waals surface area contributed by atoms with Crippen molar-refractivity contribution >= 4 is 5.97 Å². The number of methoxy groups -OCH3 is 1. The molecule has 4 aliphatic rings. The summed E-state index contributed by atoms with van der Waals surface area (Å²) in [5.41, 5.74) is -0.451. The number of rotatable bonds is 7. The van der Waals surface area contributed by atoms with Crippen LogP contribution in [0.2, 0.25) is 0 Å². The van der Waals surface area contributed by atoms with Gasteiger partial charge in [-0.1, -0.05) is 6.58 Å². The zero-order valence-electron chi connectivity index (χ0n) is 13.5. The number of carbonyl (C=O) groups excluding carboxylic acids is 1. The Morgan fingerprint density at radius 2 is 1.73 bits per heavy atom. The van der Waals surface area contributed by atoms with E-state index in [1.807, 2.05) is 0 Å². The van der Waals surface area contributed by atoms with Gasteiger partial charge >= 0.3 is 5.97 Å². The first kappa shape index (κ1) is 16.0. The molecular formula is C18H27FO3. The number of halogens is 1. The minimum absolute atomic E-state index is 0.412. The second-order valence-electron chi connectivity index (χ2n) is 7.50. The van der Waals surface area contributed by atoms with Crippen molar-refractivity contribution in [3.8, 4) is 0 Å². The first-order valence-corrected chi connectivity index (χ1v) is 8.62. The topological polar surface area (TPSA) is 35.5 Å². The van der Waals surface area contributed by atoms with Crippen LogP contribution in [0.15, 0.2) is 12.4 Å². The van der Waals surface area contributed by atoms with Crippen molar-refractivity contribution < 1.29 is 18.7 Å². The Morgan fingerprint density at radius 3 is 2.23 bits per heavy atom. The van der Waals surface area contributed by atoms with E-state index in [0.29, 0.717) is 11.8 Å². The summed E-state index contributed by atoms with van der Waals surface area (Å²) in [5, 5.41) is 0. The second kappa shape index (κ2) is 6.31. The molecule has 0 N–H and O–H groups in total. The number of hydrogen-bond donors (Lipinski definition) is 0. The Kier molecular flexibility index (Phi) is 4.58. The summed E-state index contributed by atoms with van der Waals surface area (Å²) in [6.07, 6.45) is 8.67. The molecule has 0 radical (unpaired) electrons. The summed E-state index contributed by atoms with van der Waals surface area (Å²) in [7, 11) is 1.70. The van der Waals surface area contributed by atoms with Crippen molar-refractivity contribution in [2.75, 3.05) is 13.7 Å². The van der Waals surface area contributed by atoms with E-state index in [-0.39, 0.29) is 0 Å². The molecule has 4 fully saturated rings. The van der Waals surface area contributed by atoms with Crippen LogP contribution < -0.4 is 0 Å². The molecular weight excluding hydrogens is 283 g/mol. The van der Waals surface area contributed by atoms with Gasteiger partial charge in [-0.3, -0.25) is 0 Å². The maximum atomic E-state index is 13.2. The van der Waals surface area contributed by atoms with Gasteiger partial charge in [0.2, 0.25) is 5.83 Å². The molecule has 0 heterocycles. The molecule has 0 amide bonds. The molecule has 4 heteroatoms. The van der Waals surface area contributed by atoms with Crippen molar-refractivity contribution in [2.24, 2.45) is 23.7 Å². The van der Waals surface area contributed by atoms with E-state index in [4.69, 9.17) is 9.47 Å². The fourth-order valence-corrected chi connectivity index (χ4v) is 5.48. The minimum Gasteiger partial charge on any atom is -0.453 e. The van der Waals surface area contributed by atoms with E-state index in [0.717, 1.165) is 63.4 Å². The number of esters is 1. The van der Waals surface area contributed by atoms with Crippen LogP contribution in [0.4, 0.5) is 4.39 Å². The van der Waals surface area contributed by atoms with Gasteiger partial charge in [-0.05, 0) is 75.0 Å². The summed E-state index contributed by atoms with van der Waals surface area (Å²) in [6, 6.07) is 0. The number of ether oxygens (including phenoxy) is 2. The van der Waals surface area contributed by atoms with Gasteiger partial charge in [0.25, 0.3) is 0 Å². The van der Waals surface area contributed by atoms with Gasteiger partial charge in [0.15, 0.2) is 0 Å². The van der Waals surface area contributed by atoms with E-state index in [1.54, 1.807) is 7.11 Å². The molecule has 0 aliphatic heterocycles. The fourth-order valence-electron chi connectivity index (χ4n) is 5.48. The van der Waals surface area contributed by atoms with Gasteiger partial charge in [0.05, 0.1) is 0 Å². The Morgan fingerprint density at radius 1 is 1.14 bits per heavy atom. The quantitative estimate of drug-likeness (QED) is 0.405. The van der Waals surface area contributed by atoms with Crippen LogP contribution in [0, 0.1) is 23.7 Å². The van der Waals surface area contributed by atoms with E-state index < -0.39 is 17.4 Å². The lowest BCUT2D eigenvalue weighted by Gasteiger charge is -2.60. The number of carbonyl (C=O) groups is 1. The zero-order chi connectivity index (χ0) is 15.7. The van der Waals surface area contributed by atoms with Gasteiger partial charge in [-0.25, -0.2) is 4.79 Å². The Balaban J connectivity index is 1.76. The molecule has 124 valence electrons. The van der Waals surface area contributed by atoms with E-state index in [2.05, 4.69) is 6.58 Å². The molecule has 0 unspecified atom stereocenters. The van der Waals surface area contributed by atoms with Crippen LogP contribution in [-0.2, 0) is 14.3 Å². The molecule has 4 saturated carbocycles. The highest BCUT2D eigenvalue weighted by atomic mass is 19.1. The first-order chi connectivity index (χ1) is 10.5. The van der Waals surface area contributed by atoms with Crippen LogP contribution in [-0.4, -0.2) is 25.3 Å². The Bertz CT molecular complexity index is 418. The molecule has 0 spiro atoms. The Hall–Kier alpha value is -0.900. The molecule has 4 rings (SSSR count). The van der Waals surface area contributed by atoms with Crippen molar-refractivity contribution in [1.82, 2.24) is 0 Å². The molecule has 4 aliphatic carbocycles. The van der Waals surface area contributed by atoms with Gasteiger partial charge < -0.3 is 9.47 Å². The lowest BCUT2D eigenvalue weighted by atomic mass is 9.49. The maximum Gasteiger partial charge on any atom is 0.367 e. The average Bonchev–Trinajstić information content (AvgIpc) is 2.47. The molecule has 3 nitrogen and oxygen atoms in total. The predicted molar refractivity (Wildman–Crippen MR) is 81.8 cm³/mol. The SMILES string of the molecule is C=C(F)C(=O)OC1(CCCCOC)C2CC3CC(C2)CC1C3. The monoisotopic (exact) mass is 310 g/mol.